The molecule has 1 aliphatic carbocycles. The molecule has 142 valence electrons. The molecule has 0 aromatic heterocycles. The molecule has 1 atom stereocenters. The molecule has 1 unspecified atom stereocenters. The quantitative estimate of drug-likeness (QED) is 0.603. The summed E-state index contributed by atoms with van der Waals surface area (Å²) < 4.78 is 5.10. The van der Waals surface area contributed by atoms with Gasteiger partial charge < -0.3 is 26.0 Å². The number of rotatable bonds is 7. The first-order valence-electron chi connectivity index (χ1n) is 8.92. The second-order valence-corrected chi connectivity index (χ2v) is 6.53. The Morgan fingerprint density at radius 3 is 2.07 bits per heavy atom. The van der Waals surface area contributed by atoms with Crippen molar-refractivity contribution in [1.29, 1.82) is 0 Å². The van der Waals surface area contributed by atoms with Gasteiger partial charge in [0.15, 0.2) is 0 Å². The average Bonchev–Trinajstić information content (AvgIpc) is 3.47. The Kier molecular flexibility index (Phi) is 5.80. The summed E-state index contributed by atoms with van der Waals surface area (Å²) in [6, 6.07) is 14.1. The summed E-state index contributed by atoms with van der Waals surface area (Å²) in [4.78, 5) is 24.1. The maximum atomic E-state index is 12.3. The van der Waals surface area contributed by atoms with Crippen molar-refractivity contribution in [2.75, 3.05) is 23.1 Å². The van der Waals surface area contributed by atoms with E-state index in [2.05, 4.69) is 21.3 Å². The third-order valence-corrected chi connectivity index (χ3v) is 4.19. The van der Waals surface area contributed by atoms with Gasteiger partial charge in [0.25, 0.3) is 0 Å². The van der Waals surface area contributed by atoms with Crippen LogP contribution in [0, 0.1) is 0 Å². The van der Waals surface area contributed by atoms with E-state index in [1.807, 2.05) is 12.1 Å². The van der Waals surface area contributed by atoms with Crippen LogP contribution in [0.2, 0.25) is 0 Å². The largest absolute Gasteiger partial charge is 0.497 e. The highest BCUT2D eigenvalue weighted by Gasteiger charge is 2.23. The van der Waals surface area contributed by atoms with Gasteiger partial charge >= 0.3 is 6.03 Å². The highest BCUT2D eigenvalue weighted by Crippen LogP contribution is 2.20. The first-order chi connectivity index (χ1) is 13.0. The number of methoxy groups -OCH3 is 1. The number of amides is 3. The number of hydrogen-bond acceptors (Lipinski definition) is 4. The topological polar surface area (TPSA) is 91.5 Å². The number of benzene rings is 2. The Morgan fingerprint density at radius 1 is 0.926 bits per heavy atom. The van der Waals surface area contributed by atoms with E-state index < -0.39 is 6.04 Å². The van der Waals surface area contributed by atoms with Crippen LogP contribution in [-0.2, 0) is 4.79 Å². The van der Waals surface area contributed by atoms with Crippen molar-refractivity contribution in [3.63, 3.8) is 0 Å². The lowest BCUT2D eigenvalue weighted by Gasteiger charge is -2.16. The summed E-state index contributed by atoms with van der Waals surface area (Å²) in [5.74, 6) is 0.588. The molecule has 0 heterocycles. The Balaban J connectivity index is 1.49. The van der Waals surface area contributed by atoms with E-state index in [0.29, 0.717) is 17.4 Å². The fourth-order valence-electron chi connectivity index (χ4n) is 2.47. The maximum Gasteiger partial charge on any atom is 0.319 e. The average molecular weight is 368 g/mol. The van der Waals surface area contributed by atoms with Crippen molar-refractivity contribution >= 4 is 29.0 Å². The van der Waals surface area contributed by atoms with Crippen molar-refractivity contribution in [3.8, 4) is 5.75 Å². The molecule has 1 fully saturated rings. The van der Waals surface area contributed by atoms with E-state index in [1.54, 1.807) is 50.4 Å². The Bertz CT molecular complexity index is 786. The molecule has 7 heteroatoms. The fourth-order valence-corrected chi connectivity index (χ4v) is 2.47. The van der Waals surface area contributed by atoms with Crippen LogP contribution in [0.25, 0.3) is 0 Å². The van der Waals surface area contributed by atoms with Gasteiger partial charge in [-0.05, 0) is 68.3 Å². The van der Waals surface area contributed by atoms with Crippen LogP contribution >= 0.6 is 0 Å². The van der Waals surface area contributed by atoms with Crippen molar-refractivity contribution in [2.24, 2.45) is 0 Å². The minimum absolute atomic E-state index is 0.147. The van der Waals surface area contributed by atoms with Gasteiger partial charge in [-0.2, -0.15) is 0 Å². The fraction of sp³-hybridized carbons (Fsp3) is 0.300. The van der Waals surface area contributed by atoms with Gasteiger partial charge in [0, 0.05) is 23.1 Å². The molecule has 2 aromatic carbocycles. The number of hydrogen-bond donors (Lipinski definition) is 4. The smallest absolute Gasteiger partial charge is 0.319 e. The van der Waals surface area contributed by atoms with Crippen LogP contribution in [0.5, 0.6) is 5.75 Å². The number of carbonyl (C=O) groups excluding carboxylic acids is 2. The van der Waals surface area contributed by atoms with Crippen molar-refractivity contribution in [2.45, 2.75) is 31.8 Å². The van der Waals surface area contributed by atoms with Crippen molar-refractivity contribution in [3.05, 3.63) is 48.5 Å². The lowest BCUT2D eigenvalue weighted by Crippen LogP contribution is -2.32. The minimum atomic E-state index is -0.427. The minimum Gasteiger partial charge on any atom is -0.497 e. The summed E-state index contributed by atoms with van der Waals surface area (Å²) >= 11 is 0. The van der Waals surface area contributed by atoms with Gasteiger partial charge in [0.2, 0.25) is 5.91 Å². The third kappa shape index (κ3) is 5.64. The monoisotopic (exact) mass is 368 g/mol. The summed E-state index contributed by atoms with van der Waals surface area (Å²) in [5.41, 5.74) is 2.20. The van der Waals surface area contributed by atoms with E-state index in [0.717, 1.165) is 24.3 Å². The van der Waals surface area contributed by atoms with Crippen LogP contribution in [0.3, 0.4) is 0 Å². The maximum absolute atomic E-state index is 12.3. The molecule has 27 heavy (non-hydrogen) atoms. The number of carbonyl (C=O) groups is 2. The van der Waals surface area contributed by atoms with Gasteiger partial charge in [-0.25, -0.2) is 4.79 Å². The van der Waals surface area contributed by atoms with Crippen molar-refractivity contribution in [1.82, 2.24) is 5.32 Å². The first-order valence-corrected chi connectivity index (χ1v) is 8.92. The van der Waals surface area contributed by atoms with Crippen LogP contribution in [0.15, 0.2) is 48.5 Å². The molecule has 0 aliphatic heterocycles. The zero-order chi connectivity index (χ0) is 19.2. The highest BCUT2D eigenvalue weighted by atomic mass is 16.5. The number of urea groups is 1. The normalized spacial score (nSPS) is 14.0. The van der Waals surface area contributed by atoms with Gasteiger partial charge in [0.05, 0.1) is 7.11 Å². The van der Waals surface area contributed by atoms with Crippen LogP contribution < -0.4 is 26.0 Å². The molecule has 3 amide bonds. The summed E-state index contributed by atoms with van der Waals surface area (Å²) in [6.07, 6.45) is 2.10. The van der Waals surface area contributed by atoms with Crippen LogP contribution in [0.4, 0.5) is 21.9 Å². The number of anilines is 3. The predicted molar refractivity (Wildman–Crippen MR) is 106 cm³/mol. The molecule has 0 bridgehead atoms. The SMILES string of the molecule is COc1ccc(NC(=O)C(C)Nc2ccc(NC(=O)NC3CC3)cc2)cc1. The number of ether oxygens (including phenoxy) is 1. The molecule has 2 aromatic rings. The van der Waals surface area contributed by atoms with E-state index in [9.17, 15) is 9.59 Å². The van der Waals surface area contributed by atoms with E-state index >= 15 is 0 Å². The van der Waals surface area contributed by atoms with Gasteiger partial charge in [-0.15, -0.1) is 0 Å². The zero-order valence-corrected chi connectivity index (χ0v) is 15.4. The lowest BCUT2D eigenvalue weighted by molar-refractivity contribution is -0.116. The molecule has 1 saturated carbocycles. The zero-order valence-electron chi connectivity index (χ0n) is 15.4. The molecule has 0 radical (unpaired) electrons. The van der Waals surface area contributed by atoms with Gasteiger partial charge in [-0.3, -0.25) is 4.79 Å². The Morgan fingerprint density at radius 2 is 1.48 bits per heavy atom. The molecule has 3 rings (SSSR count). The molecular weight excluding hydrogens is 344 g/mol. The summed E-state index contributed by atoms with van der Waals surface area (Å²) in [5, 5.41) is 11.7. The van der Waals surface area contributed by atoms with E-state index in [4.69, 9.17) is 4.74 Å². The number of nitrogens with one attached hydrogen (secondary N) is 4. The van der Waals surface area contributed by atoms with E-state index in [-0.39, 0.29) is 11.9 Å². The van der Waals surface area contributed by atoms with Gasteiger partial charge in [0.1, 0.15) is 11.8 Å². The molecule has 0 spiro atoms. The third-order valence-electron chi connectivity index (χ3n) is 4.19. The molecule has 0 saturated heterocycles. The van der Waals surface area contributed by atoms with Crippen LogP contribution in [0.1, 0.15) is 19.8 Å². The molecule has 1 aliphatic rings. The second-order valence-electron chi connectivity index (χ2n) is 6.53. The summed E-state index contributed by atoms with van der Waals surface area (Å²) in [7, 11) is 1.60. The molecular formula is C20H24N4O3. The van der Waals surface area contributed by atoms with Crippen LogP contribution in [-0.4, -0.2) is 31.1 Å². The van der Waals surface area contributed by atoms with Crippen molar-refractivity contribution < 1.29 is 14.3 Å². The lowest BCUT2D eigenvalue weighted by atomic mass is 10.2. The molecule has 7 nitrogen and oxygen atoms in total. The molecule has 4 N–H and O–H groups in total. The predicted octanol–water partition coefficient (Wildman–Crippen LogP) is 3.42. The van der Waals surface area contributed by atoms with Gasteiger partial charge in [-0.1, -0.05) is 0 Å². The summed E-state index contributed by atoms with van der Waals surface area (Å²) in [6.45, 7) is 1.79. The first kappa shape index (κ1) is 18.6. The highest BCUT2D eigenvalue weighted by molar-refractivity contribution is 5.96. The standard InChI is InChI=1S/C20H24N4O3/c1-13(19(25)22-15-9-11-18(27-2)12-10-15)21-14-3-5-16(6-4-14)23-20(26)24-17-7-8-17/h3-6,9-13,17,21H,7-8H2,1-2H3,(H,22,25)(H2,23,24,26). The Labute approximate surface area is 158 Å². The van der Waals surface area contributed by atoms with E-state index in [1.165, 1.54) is 0 Å². The Hall–Kier alpha value is -3.22. The second kappa shape index (κ2) is 8.44.